The lowest BCUT2D eigenvalue weighted by molar-refractivity contribution is -0.156. The van der Waals surface area contributed by atoms with Gasteiger partial charge >= 0.3 is 5.97 Å². The van der Waals surface area contributed by atoms with E-state index >= 15 is 0 Å². The second-order valence-corrected chi connectivity index (χ2v) is 11.7. The lowest BCUT2D eigenvalue weighted by Crippen LogP contribution is -2.36. The Morgan fingerprint density at radius 2 is 1.70 bits per heavy atom. The molecule has 0 aliphatic heterocycles. The van der Waals surface area contributed by atoms with Gasteiger partial charge in [0.2, 0.25) is 0 Å². The Morgan fingerprint density at radius 3 is 2.49 bits per heavy atom. The number of fused-ring (bicyclic) bond motifs is 3. The van der Waals surface area contributed by atoms with Gasteiger partial charge in [0.1, 0.15) is 6.10 Å². The highest BCUT2D eigenvalue weighted by Crippen LogP contribution is 2.72. The van der Waals surface area contributed by atoms with E-state index in [9.17, 15) is 15.0 Å². The molecule has 37 heavy (non-hydrogen) atoms. The highest BCUT2D eigenvalue weighted by molar-refractivity contribution is 5.86. The average molecular weight is 499 g/mol. The molecule has 6 atom stereocenters. The van der Waals surface area contributed by atoms with Gasteiger partial charge in [-0.2, -0.15) is 0 Å². The first-order valence-electron chi connectivity index (χ1n) is 13.5. The van der Waals surface area contributed by atoms with E-state index < -0.39 is 18.2 Å². The molecule has 2 N–H and O–H groups in total. The fourth-order valence-corrected chi connectivity index (χ4v) is 7.10. The van der Waals surface area contributed by atoms with E-state index in [0.29, 0.717) is 0 Å². The van der Waals surface area contributed by atoms with Crippen LogP contribution in [0.25, 0.3) is 16.8 Å². The van der Waals surface area contributed by atoms with Crippen molar-refractivity contribution in [3.05, 3.63) is 90.0 Å². The molecule has 194 valence electrons. The minimum Gasteiger partial charge on any atom is -0.461 e. The Labute approximate surface area is 220 Å². The fourth-order valence-electron chi connectivity index (χ4n) is 7.10. The molecule has 3 aromatic rings. The average Bonchev–Trinajstić information content (AvgIpc) is 3.20. The molecule has 4 heteroatoms. The number of benzene rings is 3. The van der Waals surface area contributed by atoms with Gasteiger partial charge in [0.15, 0.2) is 0 Å². The molecule has 5 rings (SSSR count). The molecule has 0 radical (unpaired) electrons. The summed E-state index contributed by atoms with van der Waals surface area (Å²) in [5.74, 6) is -0.0382. The second kappa shape index (κ2) is 10.1. The first-order chi connectivity index (χ1) is 17.7. The van der Waals surface area contributed by atoms with Crippen LogP contribution in [0.4, 0.5) is 0 Å². The lowest BCUT2D eigenvalue weighted by Gasteiger charge is -2.40. The molecule has 0 aromatic heterocycles. The third-order valence-electron chi connectivity index (χ3n) is 9.44. The first-order valence-corrected chi connectivity index (χ1v) is 13.5. The van der Waals surface area contributed by atoms with Gasteiger partial charge < -0.3 is 14.9 Å². The van der Waals surface area contributed by atoms with E-state index in [1.165, 1.54) is 16.3 Å². The molecule has 2 saturated carbocycles. The lowest BCUT2D eigenvalue weighted by atomic mass is 9.64. The van der Waals surface area contributed by atoms with Crippen molar-refractivity contribution < 1.29 is 19.7 Å². The van der Waals surface area contributed by atoms with E-state index in [2.05, 4.69) is 63.2 Å². The van der Waals surface area contributed by atoms with Crippen LogP contribution in [0.15, 0.2) is 78.9 Å². The molecule has 2 bridgehead atoms. The Morgan fingerprint density at radius 1 is 1.00 bits per heavy atom. The van der Waals surface area contributed by atoms with E-state index in [1.54, 1.807) is 6.08 Å². The van der Waals surface area contributed by atoms with Crippen LogP contribution >= 0.6 is 0 Å². The largest absolute Gasteiger partial charge is 0.461 e. The number of aliphatic hydroxyl groups excluding tert-OH is 2. The summed E-state index contributed by atoms with van der Waals surface area (Å²) < 4.78 is 6.24. The quantitative estimate of drug-likeness (QED) is 0.348. The monoisotopic (exact) mass is 498 g/mol. The number of rotatable bonds is 8. The molecular formula is C33H38O4. The summed E-state index contributed by atoms with van der Waals surface area (Å²) in [6, 6.07) is 24.5. The summed E-state index contributed by atoms with van der Waals surface area (Å²) in [6.45, 7) is 7.00. The zero-order chi connectivity index (χ0) is 26.2. The van der Waals surface area contributed by atoms with Crippen LogP contribution in [0.1, 0.15) is 63.5 Å². The maximum absolute atomic E-state index is 13.1. The molecule has 0 spiro atoms. The van der Waals surface area contributed by atoms with Crippen LogP contribution in [0.5, 0.6) is 0 Å². The smallest absolute Gasteiger partial charge is 0.308 e. The third-order valence-corrected chi connectivity index (χ3v) is 9.44. The topological polar surface area (TPSA) is 66.8 Å². The molecule has 0 saturated heterocycles. The Bertz CT molecular complexity index is 1270. The van der Waals surface area contributed by atoms with Gasteiger partial charge in [0.05, 0.1) is 18.6 Å². The summed E-state index contributed by atoms with van der Waals surface area (Å²) in [5, 5.41) is 23.3. The van der Waals surface area contributed by atoms with Crippen molar-refractivity contribution >= 4 is 22.8 Å². The zero-order valence-electron chi connectivity index (χ0n) is 22.0. The van der Waals surface area contributed by atoms with E-state index in [1.807, 2.05) is 36.4 Å². The predicted molar refractivity (Wildman–Crippen MR) is 148 cm³/mol. The van der Waals surface area contributed by atoms with Crippen molar-refractivity contribution in [2.75, 3.05) is 0 Å². The van der Waals surface area contributed by atoms with Gasteiger partial charge in [-0.25, -0.2) is 0 Å². The van der Waals surface area contributed by atoms with Crippen molar-refractivity contribution in [1.29, 1.82) is 0 Å². The summed E-state index contributed by atoms with van der Waals surface area (Å²) in [6.07, 6.45) is 3.53. The number of hydrogen-bond acceptors (Lipinski definition) is 4. The fraction of sp³-hybridized carbons (Fsp3) is 0.424. The molecule has 0 heterocycles. The Balaban J connectivity index is 1.31. The van der Waals surface area contributed by atoms with Crippen LogP contribution < -0.4 is 0 Å². The summed E-state index contributed by atoms with van der Waals surface area (Å²) in [7, 11) is 0. The second-order valence-electron chi connectivity index (χ2n) is 11.7. The maximum atomic E-state index is 13.1. The SMILES string of the molecule is CC1(C)C2CCC1(C)C(c1cccc3ccccc13)[C@@H]2OC(=O)C[C@@H](O)C[C@@H](O)/C=C/c1ccccc1. The number of ether oxygens (including phenoxy) is 1. The number of hydrogen-bond donors (Lipinski definition) is 2. The van der Waals surface area contributed by atoms with Crippen molar-refractivity contribution in [1.82, 2.24) is 0 Å². The van der Waals surface area contributed by atoms with E-state index in [4.69, 9.17) is 4.74 Å². The minimum atomic E-state index is -0.971. The van der Waals surface area contributed by atoms with Gasteiger partial charge in [-0.3, -0.25) is 4.79 Å². The number of carbonyl (C=O) groups excluding carboxylic acids is 1. The standard InChI is InChI=1S/C33H38O4/c1-32(2)28-18-19-33(32,3)30(27-15-9-13-23-12-7-8-14-26(23)27)31(28)37-29(36)21-25(35)20-24(34)17-16-22-10-5-4-6-11-22/h4-17,24-25,28,30-31,34-35H,18-21H2,1-3H3/b17-16+/t24-,25-,28?,30?,31+,33?/m0/s1. The van der Waals surface area contributed by atoms with Crippen LogP contribution in [0, 0.1) is 16.7 Å². The highest BCUT2D eigenvalue weighted by Gasteiger charge is 2.67. The van der Waals surface area contributed by atoms with Crippen LogP contribution in [-0.4, -0.2) is 34.5 Å². The molecular weight excluding hydrogens is 460 g/mol. The van der Waals surface area contributed by atoms with Gasteiger partial charge in [0.25, 0.3) is 0 Å². The molecule has 2 aliphatic carbocycles. The van der Waals surface area contributed by atoms with Crippen molar-refractivity contribution in [2.45, 2.75) is 70.7 Å². The molecule has 3 aromatic carbocycles. The van der Waals surface area contributed by atoms with Crippen LogP contribution in [-0.2, 0) is 9.53 Å². The van der Waals surface area contributed by atoms with Crippen LogP contribution in [0.2, 0.25) is 0 Å². The van der Waals surface area contributed by atoms with Crippen molar-refractivity contribution in [3.8, 4) is 0 Å². The number of esters is 1. The molecule has 2 fully saturated rings. The first kappa shape index (κ1) is 25.7. The molecule has 0 amide bonds. The summed E-state index contributed by atoms with van der Waals surface area (Å²) >= 11 is 0. The Hall–Kier alpha value is -2.95. The summed E-state index contributed by atoms with van der Waals surface area (Å²) in [4.78, 5) is 13.1. The van der Waals surface area contributed by atoms with Gasteiger partial charge in [-0.1, -0.05) is 106 Å². The van der Waals surface area contributed by atoms with Crippen molar-refractivity contribution in [3.63, 3.8) is 0 Å². The molecule has 3 unspecified atom stereocenters. The number of carbonyl (C=O) groups is 1. The van der Waals surface area contributed by atoms with Gasteiger partial charge in [-0.15, -0.1) is 0 Å². The van der Waals surface area contributed by atoms with Gasteiger partial charge in [0, 0.05) is 18.3 Å². The maximum Gasteiger partial charge on any atom is 0.308 e. The number of aliphatic hydroxyl groups is 2. The highest BCUT2D eigenvalue weighted by atomic mass is 16.5. The predicted octanol–water partition coefficient (Wildman–Crippen LogP) is 6.51. The van der Waals surface area contributed by atoms with E-state index in [-0.39, 0.29) is 41.6 Å². The van der Waals surface area contributed by atoms with Gasteiger partial charge in [-0.05, 0) is 45.6 Å². The molecule has 2 aliphatic rings. The minimum absolute atomic E-state index is 0.00375. The van der Waals surface area contributed by atoms with Crippen molar-refractivity contribution in [2.24, 2.45) is 16.7 Å². The third kappa shape index (κ3) is 4.73. The van der Waals surface area contributed by atoms with E-state index in [0.717, 1.165) is 18.4 Å². The normalized spacial score (nSPS) is 28.0. The Kier molecular flexibility index (Phi) is 6.99. The summed E-state index contributed by atoms with van der Waals surface area (Å²) in [5.41, 5.74) is 2.25. The zero-order valence-corrected chi connectivity index (χ0v) is 22.0. The van der Waals surface area contributed by atoms with Crippen LogP contribution in [0.3, 0.4) is 0 Å². The molecule has 4 nitrogen and oxygen atoms in total.